The molecule has 0 saturated carbocycles. The van der Waals surface area contributed by atoms with Crippen molar-refractivity contribution in [2.45, 2.75) is 6.92 Å². The van der Waals surface area contributed by atoms with E-state index in [0.29, 0.717) is 11.3 Å². The molecule has 4 heteroatoms. The topological polar surface area (TPSA) is 52.0 Å². The molecule has 2 aromatic rings. The standard InChI is InChI=1S/C12H10N2O2/c1-9(15)10-4-6-11(7-5-10)14-12(16)3-2-8-13-14/h2-8H,1H3. The van der Waals surface area contributed by atoms with E-state index in [2.05, 4.69) is 5.10 Å². The van der Waals surface area contributed by atoms with Crippen molar-refractivity contribution in [1.82, 2.24) is 9.78 Å². The fourth-order valence-electron chi connectivity index (χ4n) is 1.39. The molecule has 0 saturated heterocycles. The van der Waals surface area contributed by atoms with Gasteiger partial charge in [-0.3, -0.25) is 9.59 Å². The molecule has 0 amide bonds. The summed E-state index contributed by atoms with van der Waals surface area (Å²) in [5, 5.41) is 3.94. The van der Waals surface area contributed by atoms with Crippen LogP contribution in [0.5, 0.6) is 0 Å². The molecule has 2 rings (SSSR count). The van der Waals surface area contributed by atoms with Crippen molar-refractivity contribution >= 4 is 5.78 Å². The molecule has 0 bridgehead atoms. The zero-order valence-corrected chi connectivity index (χ0v) is 8.75. The van der Waals surface area contributed by atoms with E-state index in [1.54, 1.807) is 36.5 Å². The van der Waals surface area contributed by atoms with Gasteiger partial charge >= 0.3 is 0 Å². The van der Waals surface area contributed by atoms with Crippen LogP contribution < -0.4 is 5.56 Å². The number of carbonyl (C=O) groups is 1. The Bertz CT molecular complexity index is 570. The van der Waals surface area contributed by atoms with Gasteiger partial charge in [-0.05, 0) is 37.3 Å². The van der Waals surface area contributed by atoms with Gasteiger partial charge in [0.15, 0.2) is 5.78 Å². The zero-order chi connectivity index (χ0) is 11.5. The van der Waals surface area contributed by atoms with Crippen molar-refractivity contribution < 1.29 is 4.79 Å². The fourth-order valence-corrected chi connectivity index (χ4v) is 1.39. The van der Waals surface area contributed by atoms with E-state index in [1.807, 2.05) is 0 Å². The van der Waals surface area contributed by atoms with E-state index in [0.717, 1.165) is 0 Å². The highest BCUT2D eigenvalue weighted by atomic mass is 16.1. The van der Waals surface area contributed by atoms with E-state index >= 15 is 0 Å². The third-order valence-electron chi connectivity index (χ3n) is 2.23. The maximum absolute atomic E-state index is 11.5. The lowest BCUT2D eigenvalue weighted by Gasteiger charge is -2.03. The summed E-state index contributed by atoms with van der Waals surface area (Å²) in [5.41, 5.74) is 1.07. The maximum Gasteiger partial charge on any atom is 0.271 e. The summed E-state index contributed by atoms with van der Waals surface area (Å²) >= 11 is 0. The van der Waals surface area contributed by atoms with Crippen molar-refractivity contribution in [1.29, 1.82) is 0 Å². The van der Waals surface area contributed by atoms with Gasteiger partial charge in [-0.2, -0.15) is 9.78 Å². The molecule has 0 unspecified atom stereocenters. The molecule has 1 heterocycles. The smallest absolute Gasteiger partial charge is 0.271 e. The van der Waals surface area contributed by atoms with Crippen molar-refractivity contribution in [2.75, 3.05) is 0 Å². The molecule has 0 atom stereocenters. The summed E-state index contributed by atoms with van der Waals surface area (Å²) in [6, 6.07) is 9.78. The van der Waals surface area contributed by atoms with Crippen LogP contribution in [0.2, 0.25) is 0 Å². The van der Waals surface area contributed by atoms with Gasteiger partial charge in [0.2, 0.25) is 0 Å². The summed E-state index contributed by atoms with van der Waals surface area (Å²) in [5.74, 6) is -0.0000761. The van der Waals surface area contributed by atoms with Crippen LogP contribution in [0.3, 0.4) is 0 Å². The molecule has 16 heavy (non-hydrogen) atoms. The molecule has 0 radical (unpaired) electrons. The van der Waals surface area contributed by atoms with E-state index in [9.17, 15) is 9.59 Å². The highest BCUT2D eigenvalue weighted by Crippen LogP contribution is 2.06. The Balaban J connectivity index is 2.47. The number of benzene rings is 1. The van der Waals surface area contributed by atoms with Crippen LogP contribution in [-0.2, 0) is 0 Å². The number of Topliss-reactive ketones (excluding diaryl/α,β-unsaturated/α-hetero) is 1. The monoisotopic (exact) mass is 214 g/mol. The second-order valence-corrected chi connectivity index (χ2v) is 3.38. The average Bonchev–Trinajstić information content (AvgIpc) is 2.30. The third-order valence-corrected chi connectivity index (χ3v) is 2.23. The summed E-state index contributed by atoms with van der Waals surface area (Å²) in [7, 11) is 0. The van der Waals surface area contributed by atoms with Gasteiger partial charge in [0, 0.05) is 17.8 Å². The van der Waals surface area contributed by atoms with Crippen molar-refractivity contribution in [2.24, 2.45) is 0 Å². The van der Waals surface area contributed by atoms with Crippen molar-refractivity contribution in [3.05, 3.63) is 58.5 Å². The molecular formula is C12H10N2O2. The van der Waals surface area contributed by atoms with E-state index in [-0.39, 0.29) is 11.3 Å². The lowest BCUT2D eigenvalue weighted by Crippen LogP contribution is -2.19. The summed E-state index contributed by atoms with van der Waals surface area (Å²) < 4.78 is 1.28. The first-order chi connectivity index (χ1) is 7.68. The number of rotatable bonds is 2. The average molecular weight is 214 g/mol. The highest BCUT2D eigenvalue weighted by molar-refractivity contribution is 5.94. The van der Waals surface area contributed by atoms with Crippen LogP contribution in [0, 0.1) is 0 Å². The van der Waals surface area contributed by atoms with Gasteiger partial charge in [0.1, 0.15) is 0 Å². The number of carbonyl (C=O) groups excluding carboxylic acids is 1. The Morgan fingerprint density at radius 2 is 1.88 bits per heavy atom. The van der Waals surface area contributed by atoms with Gasteiger partial charge in [0.05, 0.1) is 5.69 Å². The number of aromatic nitrogens is 2. The number of hydrogen-bond donors (Lipinski definition) is 0. The molecule has 4 nitrogen and oxygen atoms in total. The summed E-state index contributed by atoms with van der Waals surface area (Å²) in [6.07, 6.45) is 1.54. The predicted molar refractivity (Wildman–Crippen MR) is 59.8 cm³/mol. The third kappa shape index (κ3) is 1.91. The van der Waals surface area contributed by atoms with Gasteiger partial charge in [-0.1, -0.05) is 0 Å². The van der Waals surface area contributed by atoms with Gasteiger partial charge in [-0.15, -0.1) is 0 Å². The van der Waals surface area contributed by atoms with E-state index < -0.39 is 0 Å². The molecule has 1 aromatic heterocycles. The van der Waals surface area contributed by atoms with Crippen LogP contribution in [0.4, 0.5) is 0 Å². The first-order valence-electron chi connectivity index (χ1n) is 4.84. The first kappa shape index (κ1) is 10.3. The highest BCUT2D eigenvalue weighted by Gasteiger charge is 2.01. The Labute approximate surface area is 92.2 Å². The minimum Gasteiger partial charge on any atom is -0.295 e. The molecule has 1 aromatic carbocycles. The summed E-state index contributed by atoms with van der Waals surface area (Å²) in [4.78, 5) is 22.5. The molecule has 0 aliphatic heterocycles. The van der Waals surface area contributed by atoms with Crippen LogP contribution in [0.1, 0.15) is 17.3 Å². The molecule has 80 valence electrons. The Hall–Kier alpha value is -2.23. The van der Waals surface area contributed by atoms with Gasteiger partial charge in [-0.25, -0.2) is 0 Å². The van der Waals surface area contributed by atoms with Crippen molar-refractivity contribution in [3.63, 3.8) is 0 Å². The fraction of sp³-hybridized carbons (Fsp3) is 0.0833. The van der Waals surface area contributed by atoms with E-state index in [1.165, 1.54) is 17.7 Å². The van der Waals surface area contributed by atoms with Crippen LogP contribution in [-0.4, -0.2) is 15.6 Å². The summed E-state index contributed by atoms with van der Waals surface area (Å²) in [6.45, 7) is 1.50. The lowest BCUT2D eigenvalue weighted by molar-refractivity contribution is 0.101. The van der Waals surface area contributed by atoms with E-state index in [4.69, 9.17) is 0 Å². The van der Waals surface area contributed by atoms with Crippen LogP contribution in [0.25, 0.3) is 5.69 Å². The second-order valence-electron chi connectivity index (χ2n) is 3.38. The molecule has 0 aliphatic rings. The minimum absolute atomic E-state index is 0.0000761. The SMILES string of the molecule is CC(=O)c1ccc(-n2ncccc2=O)cc1. The predicted octanol–water partition coefficient (Wildman–Crippen LogP) is 1.44. The largest absolute Gasteiger partial charge is 0.295 e. The Morgan fingerprint density at radius 3 is 2.44 bits per heavy atom. The van der Waals surface area contributed by atoms with Gasteiger partial charge < -0.3 is 0 Å². The number of hydrogen-bond acceptors (Lipinski definition) is 3. The Morgan fingerprint density at radius 1 is 1.19 bits per heavy atom. The molecular weight excluding hydrogens is 204 g/mol. The number of ketones is 1. The van der Waals surface area contributed by atoms with Gasteiger partial charge in [0.25, 0.3) is 5.56 Å². The normalized spacial score (nSPS) is 10.1. The maximum atomic E-state index is 11.5. The molecule has 0 aliphatic carbocycles. The Kier molecular flexibility index (Phi) is 2.64. The van der Waals surface area contributed by atoms with Crippen molar-refractivity contribution in [3.8, 4) is 5.69 Å². The van der Waals surface area contributed by atoms with Crippen LogP contribution >= 0.6 is 0 Å². The second kappa shape index (κ2) is 4.10. The first-order valence-corrected chi connectivity index (χ1v) is 4.84. The lowest BCUT2D eigenvalue weighted by atomic mass is 10.1. The zero-order valence-electron chi connectivity index (χ0n) is 8.75. The minimum atomic E-state index is -0.196. The van der Waals surface area contributed by atoms with Crippen LogP contribution in [0.15, 0.2) is 47.4 Å². The number of nitrogens with zero attached hydrogens (tertiary/aromatic N) is 2. The molecule has 0 N–H and O–H groups in total. The molecule has 0 spiro atoms. The molecule has 0 fully saturated rings. The quantitative estimate of drug-likeness (QED) is 0.711.